The molecule has 3 amide bonds. The van der Waals surface area contributed by atoms with Gasteiger partial charge in [-0.2, -0.15) is 0 Å². The highest BCUT2D eigenvalue weighted by Gasteiger charge is 2.27. The molecule has 1 aliphatic rings. The van der Waals surface area contributed by atoms with Gasteiger partial charge in [0.2, 0.25) is 0 Å². The van der Waals surface area contributed by atoms with Crippen LogP contribution in [-0.4, -0.2) is 47.0 Å². The third kappa shape index (κ3) is 4.08. The number of nitrogens with one attached hydrogen (secondary N) is 1. The predicted molar refractivity (Wildman–Crippen MR) is 101 cm³/mol. The molecular weight excluding hydrogens is 346 g/mol. The van der Waals surface area contributed by atoms with E-state index in [1.807, 2.05) is 30.3 Å². The second kappa shape index (κ2) is 7.90. The average Bonchev–Trinajstić information content (AvgIpc) is 3.12. The second-order valence-corrected chi connectivity index (χ2v) is 6.36. The highest BCUT2D eigenvalue weighted by Crippen LogP contribution is 2.20. The number of carbonyl (C=O) groups is 3. The van der Waals surface area contributed by atoms with Crippen molar-refractivity contribution < 1.29 is 19.5 Å². The van der Waals surface area contributed by atoms with Gasteiger partial charge in [-0.25, -0.2) is 9.59 Å². The summed E-state index contributed by atoms with van der Waals surface area (Å²) in [4.78, 5) is 39.1. The van der Waals surface area contributed by atoms with Crippen molar-refractivity contribution in [2.24, 2.45) is 0 Å². The quantitative estimate of drug-likeness (QED) is 0.820. The molecule has 3 rings (SSSR count). The zero-order valence-corrected chi connectivity index (χ0v) is 15.0. The lowest BCUT2D eigenvalue weighted by atomic mass is 10.1. The molecule has 0 radical (unpaired) electrons. The molecule has 27 heavy (non-hydrogen) atoms. The lowest BCUT2D eigenvalue weighted by molar-refractivity contribution is -0.141. The molecule has 1 saturated heterocycles. The van der Waals surface area contributed by atoms with E-state index in [-0.39, 0.29) is 18.5 Å². The van der Waals surface area contributed by atoms with E-state index in [0.29, 0.717) is 24.3 Å². The van der Waals surface area contributed by atoms with Crippen LogP contribution >= 0.6 is 0 Å². The van der Waals surface area contributed by atoms with Crippen LogP contribution in [0, 0.1) is 0 Å². The maximum atomic E-state index is 13.0. The monoisotopic (exact) mass is 367 g/mol. The first kappa shape index (κ1) is 18.4. The Kier molecular flexibility index (Phi) is 5.40. The molecule has 1 fully saturated rings. The summed E-state index contributed by atoms with van der Waals surface area (Å²) in [5.41, 5.74) is 1.93. The van der Waals surface area contributed by atoms with Crippen LogP contribution in [0.15, 0.2) is 54.6 Å². The second-order valence-electron chi connectivity index (χ2n) is 6.36. The van der Waals surface area contributed by atoms with E-state index in [0.717, 1.165) is 5.56 Å². The Balaban J connectivity index is 1.82. The number of hydrogen-bond acceptors (Lipinski definition) is 3. The Bertz CT molecular complexity index is 836. The van der Waals surface area contributed by atoms with E-state index in [1.54, 1.807) is 29.2 Å². The largest absolute Gasteiger partial charge is 0.480 e. The number of rotatable bonds is 6. The molecule has 0 aliphatic carbocycles. The Labute approximate surface area is 157 Å². The van der Waals surface area contributed by atoms with Gasteiger partial charge >= 0.3 is 12.0 Å². The number of hydrogen-bond donors (Lipinski definition) is 2. The predicted octanol–water partition coefficient (Wildman–Crippen LogP) is 2.33. The molecule has 7 nitrogen and oxygen atoms in total. The molecule has 140 valence electrons. The van der Waals surface area contributed by atoms with Crippen molar-refractivity contribution >= 4 is 23.6 Å². The number of carboxylic acids is 1. The van der Waals surface area contributed by atoms with Gasteiger partial charge in [-0.05, 0) is 36.8 Å². The minimum Gasteiger partial charge on any atom is -0.480 e. The van der Waals surface area contributed by atoms with Gasteiger partial charge in [0.25, 0.3) is 5.91 Å². The van der Waals surface area contributed by atoms with Gasteiger partial charge in [-0.1, -0.05) is 30.3 Å². The topological polar surface area (TPSA) is 89.9 Å². The third-order valence-electron chi connectivity index (χ3n) is 4.56. The first-order valence-electron chi connectivity index (χ1n) is 8.70. The van der Waals surface area contributed by atoms with Gasteiger partial charge in [0.1, 0.15) is 6.04 Å². The van der Waals surface area contributed by atoms with Crippen LogP contribution in [-0.2, 0) is 11.3 Å². The lowest BCUT2D eigenvalue weighted by Gasteiger charge is -2.27. The minimum absolute atomic E-state index is 0.167. The van der Waals surface area contributed by atoms with Crippen LogP contribution in [0.3, 0.4) is 0 Å². The highest BCUT2D eigenvalue weighted by atomic mass is 16.4. The Morgan fingerprint density at radius 1 is 1.15 bits per heavy atom. The molecule has 1 atom stereocenters. The lowest BCUT2D eigenvalue weighted by Crippen LogP contribution is -2.42. The number of carboxylic acid groups (broad SMARTS) is 1. The van der Waals surface area contributed by atoms with Crippen LogP contribution in [0.1, 0.15) is 22.8 Å². The van der Waals surface area contributed by atoms with Gasteiger partial charge in [0, 0.05) is 30.9 Å². The Morgan fingerprint density at radius 3 is 2.37 bits per heavy atom. The van der Waals surface area contributed by atoms with Crippen molar-refractivity contribution in [1.82, 2.24) is 10.2 Å². The van der Waals surface area contributed by atoms with E-state index in [9.17, 15) is 19.5 Å². The van der Waals surface area contributed by atoms with E-state index >= 15 is 0 Å². The number of carbonyl (C=O) groups excluding carboxylic acids is 2. The third-order valence-corrected chi connectivity index (χ3v) is 4.56. The molecule has 0 saturated carbocycles. The van der Waals surface area contributed by atoms with E-state index < -0.39 is 12.0 Å². The first-order valence-corrected chi connectivity index (χ1v) is 8.70. The van der Waals surface area contributed by atoms with E-state index in [4.69, 9.17) is 0 Å². The molecular formula is C20H21N3O4. The SMILES string of the molecule is CC(C(=O)O)N(Cc1ccccc1)C(=O)c1ccc(N2CCNC2=O)cc1. The molecule has 0 aromatic heterocycles. The smallest absolute Gasteiger partial charge is 0.326 e. The summed E-state index contributed by atoms with van der Waals surface area (Å²) in [5.74, 6) is -1.43. The minimum atomic E-state index is -1.07. The first-order chi connectivity index (χ1) is 13.0. The summed E-state index contributed by atoms with van der Waals surface area (Å²) in [5, 5.41) is 12.1. The van der Waals surface area contributed by atoms with Crippen LogP contribution in [0.4, 0.5) is 10.5 Å². The van der Waals surface area contributed by atoms with Gasteiger partial charge in [-0.3, -0.25) is 9.69 Å². The Hall–Kier alpha value is -3.35. The van der Waals surface area contributed by atoms with Crippen molar-refractivity contribution in [3.05, 3.63) is 65.7 Å². The van der Waals surface area contributed by atoms with Crippen LogP contribution in [0.2, 0.25) is 0 Å². The standard InChI is InChI=1S/C20H21N3O4/c1-14(19(25)26)23(13-15-5-3-2-4-6-15)18(24)16-7-9-17(10-8-16)22-12-11-21-20(22)27/h2-10,14H,11-13H2,1H3,(H,21,27)(H,25,26). The number of aliphatic carboxylic acids is 1. The number of urea groups is 1. The summed E-state index contributed by atoms with van der Waals surface area (Å²) >= 11 is 0. The van der Waals surface area contributed by atoms with Crippen molar-refractivity contribution in [3.63, 3.8) is 0 Å². The zero-order valence-electron chi connectivity index (χ0n) is 15.0. The highest BCUT2D eigenvalue weighted by molar-refractivity contribution is 5.98. The molecule has 7 heteroatoms. The number of anilines is 1. The number of benzene rings is 2. The van der Waals surface area contributed by atoms with Gasteiger partial charge < -0.3 is 15.3 Å². The average molecular weight is 367 g/mol. The summed E-state index contributed by atoms with van der Waals surface area (Å²) in [7, 11) is 0. The maximum absolute atomic E-state index is 13.0. The summed E-state index contributed by atoms with van der Waals surface area (Å²) in [6.07, 6.45) is 0. The van der Waals surface area contributed by atoms with Crippen molar-refractivity contribution in [2.45, 2.75) is 19.5 Å². The molecule has 1 aliphatic heterocycles. The fourth-order valence-electron chi connectivity index (χ4n) is 2.97. The van der Waals surface area contributed by atoms with Crippen molar-refractivity contribution in [3.8, 4) is 0 Å². The molecule has 1 heterocycles. The molecule has 0 bridgehead atoms. The van der Waals surface area contributed by atoms with Crippen LogP contribution in [0.5, 0.6) is 0 Å². The van der Waals surface area contributed by atoms with E-state index in [1.165, 1.54) is 11.8 Å². The van der Waals surface area contributed by atoms with Gasteiger partial charge in [0.05, 0.1) is 0 Å². The van der Waals surface area contributed by atoms with Crippen LogP contribution in [0.25, 0.3) is 0 Å². The van der Waals surface area contributed by atoms with Crippen LogP contribution < -0.4 is 10.2 Å². The van der Waals surface area contributed by atoms with Crippen molar-refractivity contribution in [2.75, 3.05) is 18.0 Å². The zero-order chi connectivity index (χ0) is 19.4. The van der Waals surface area contributed by atoms with Crippen molar-refractivity contribution in [1.29, 1.82) is 0 Å². The molecule has 2 N–H and O–H groups in total. The molecule has 2 aromatic rings. The van der Waals surface area contributed by atoms with E-state index in [2.05, 4.69) is 5.32 Å². The van der Waals surface area contributed by atoms with Gasteiger partial charge in [0.15, 0.2) is 0 Å². The van der Waals surface area contributed by atoms with Gasteiger partial charge in [-0.15, -0.1) is 0 Å². The fourth-order valence-corrected chi connectivity index (χ4v) is 2.97. The normalized spacial score (nSPS) is 14.6. The molecule has 1 unspecified atom stereocenters. The maximum Gasteiger partial charge on any atom is 0.326 e. The summed E-state index contributed by atoms with van der Waals surface area (Å²) in [6, 6.07) is 14.8. The number of nitrogens with zero attached hydrogens (tertiary/aromatic N) is 2. The number of amides is 3. The molecule has 2 aromatic carbocycles. The summed E-state index contributed by atoms with van der Waals surface area (Å²) in [6.45, 7) is 2.85. The summed E-state index contributed by atoms with van der Waals surface area (Å²) < 4.78 is 0. The Morgan fingerprint density at radius 2 is 1.81 bits per heavy atom. The fraction of sp³-hybridized carbons (Fsp3) is 0.250. The molecule has 0 spiro atoms.